The van der Waals surface area contributed by atoms with Gasteiger partial charge in [0.15, 0.2) is 6.10 Å². The van der Waals surface area contributed by atoms with Crippen LogP contribution in [0.25, 0.3) is 0 Å². The molecule has 1 aliphatic rings. The maximum atomic E-state index is 13.0. The van der Waals surface area contributed by atoms with E-state index >= 15 is 0 Å². The van der Waals surface area contributed by atoms with Crippen molar-refractivity contribution in [3.05, 3.63) is 29.0 Å². The third kappa shape index (κ3) is 3.58. The lowest BCUT2D eigenvalue weighted by molar-refractivity contribution is -0.138. The van der Waals surface area contributed by atoms with Gasteiger partial charge >= 0.3 is 0 Å². The van der Waals surface area contributed by atoms with Crippen LogP contribution in [0, 0.1) is 5.82 Å². The van der Waals surface area contributed by atoms with Gasteiger partial charge in [-0.05, 0) is 19.1 Å². The van der Waals surface area contributed by atoms with E-state index in [9.17, 15) is 9.18 Å². The number of benzene rings is 1. The Morgan fingerprint density at radius 2 is 2.16 bits per heavy atom. The Kier molecular flexibility index (Phi) is 4.61. The fraction of sp³-hybridized carbons (Fsp3) is 0.462. The summed E-state index contributed by atoms with van der Waals surface area (Å²) in [5, 5.41) is 3.16. The molecule has 2 rings (SSSR count). The highest BCUT2D eigenvalue weighted by atomic mass is 35.5. The van der Waals surface area contributed by atoms with Crippen LogP contribution in [-0.2, 0) is 4.79 Å². The molecule has 4 nitrogen and oxygen atoms in total. The molecule has 1 amide bonds. The summed E-state index contributed by atoms with van der Waals surface area (Å²) in [4.78, 5) is 13.9. The fourth-order valence-electron chi connectivity index (χ4n) is 1.95. The molecule has 1 aliphatic heterocycles. The van der Waals surface area contributed by atoms with E-state index in [1.165, 1.54) is 18.2 Å². The molecule has 0 saturated carbocycles. The highest BCUT2D eigenvalue weighted by Gasteiger charge is 2.23. The van der Waals surface area contributed by atoms with E-state index in [1.54, 1.807) is 11.8 Å². The number of hydrogen-bond donors (Lipinski definition) is 1. The van der Waals surface area contributed by atoms with Gasteiger partial charge in [0.25, 0.3) is 5.91 Å². The van der Waals surface area contributed by atoms with Gasteiger partial charge < -0.3 is 15.0 Å². The second-order valence-corrected chi connectivity index (χ2v) is 4.82. The molecule has 1 unspecified atom stereocenters. The third-order valence-corrected chi connectivity index (χ3v) is 3.27. The minimum Gasteiger partial charge on any atom is -0.481 e. The Morgan fingerprint density at radius 1 is 1.47 bits per heavy atom. The molecule has 0 radical (unpaired) electrons. The van der Waals surface area contributed by atoms with Crippen LogP contribution in [0.5, 0.6) is 5.75 Å². The first-order valence-electron chi connectivity index (χ1n) is 6.19. The van der Waals surface area contributed by atoms with Crippen molar-refractivity contribution in [1.29, 1.82) is 0 Å². The van der Waals surface area contributed by atoms with Crippen LogP contribution in [-0.4, -0.2) is 43.1 Å². The molecular weight excluding hydrogens is 271 g/mol. The number of hydrogen-bond acceptors (Lipinski definition) is 3. The zero-order valence-corrected chi connectivity index (χ0v) is 11.4. The second kappa shape index (κ2) is 6.21. The van der Waals surface area contributed by atoms with Crippen LogP contribution in [0.2, 0.25) is 5.02 Å². The van der Waals surface area contributed by atoms with Crippen molar-refractivity contribution >= 4 is 17.5 Å². The van der Waals surface area contributed by atoms with Gasteiger partial charge in [-0.3, -0.25) is 4.79 Å². The highest BCUT2D eigenvalue weighted by molar-refractivity contribution is 6.30. The van der Waals surface area contributed by atoms with Crippen molar-refractivity contribution in [2.75, 3.05) is 26.2 Å². The summed E-state index contributed by atoms with van der Waals surface area (Å²) >= 11 is 5.67. The lowest BCUT2D eigenvalue weighted by Crippen LogP contribution is -2.50. The van der Waals surface area contributed by atoms with Crippen LogP contribution in [0.3, 0.4) is 0 Å². The normalized spacial score (nSPS) is 17.1. The van der Waals surface area contributed by atoms with E-state index in [1.807, 2.05) is 0 Å². The maximum absolute atomic E-state index is 13.0. The summed E-state index contributed by atoms with van der Waals surface area (Å²) in [6.45, 7) is 4.62. The quantitative estimate of drug-likeness (QED) is 0.919. The number of amides is 1. The van der Waals surface area contributed by atoms with Gasteiger partial charge in [0.1, 0.15) is 11.6 Å². The van der Waals surface area contributed by atoms with Crippen LogP contribution < -0.4 is 10.1 Å². The van der Waals surface area contributed by atoms with Crippen LogP contribution in [0.1, 0.15) is 6.92 Å². The summed E-state index contributed by atoms with van der Waals surface area (Å²) in [5.41, 5.74) is 0. The first kappa shape index (κ1) is 14.1. The molecule has 1 fully saturated rings. The molecule has 6 heteroatoms. The minimum absolute atomic E-state index is 0.0145. The second-order valence-electron chi connectivity index (χ2n) is 4.41. The molecule has 1 aromatic carbocycles. The highest BCUT2D eigenvalue weighted by Crippen LogP contribution is 2.22. The summed E-state index contributed by atoms with van der Waals surface area (Å²) in [5.74, 6) is -0.181. The monoisotopic (exact) mass is 286 g/mol. The van der Waals surface area contributed by atoms with Gasteiger partial charge in [-0.25, -0.2) is 4.39 Å². The Labute approximate surface area is 116 Å². The Bertz CT molecular complexity index is 464. The molecule has 1 atom stereocenters. The lowest BCUT2D eigenvalue weighted by atomic mass is 10.2. The minimum atomic E-state index is -0.611. The van der Waals surface area contributed by atoms with Crippen LogP contribution in [0.4, 0.5) is 4.39 Å². The summed E-state index contributed by atoms with van der Waals surface area (Å²) in [6.07, 6.45) is -0.611. The summed E-state index contributed by atoms with van der Waals surface area (Å²) < 4.78 is 18.5. The number of nitrogens with one attached hydrogen (secondary N) is 1. The van der Waals surface area contributed by atoms with E-state index in [2.05, 4.69) is 5.32 Å². The molecule has 0 aromatic heterocycles. The molecule has 1 heterocycles. The van der Waals surface area contributed by atoms with Crippen molar-refractivity contribution in [3.8, 4) is 5.75 Å². The molecule has 1 N–H and O–H groups in total. The topological polar surface area (TPSA) is 41.6 Å². The molecular formula is C13H16ClFN2O2. The predicted molar refractivity (Wildman–Crippen MR) is 70.9 cm³/mol. The third-order valence-electron chi connectivity index (χ3n) is 2.98. The molecule has 1 aromatic rings. The van der Waals surface area contributed by atoms with Gasteiger partial charge in [0.2, 0.25) is 0 Å². The summed E-state index contributed by atoms with van der Waals surface area (Å²) in [6, 6.07) is 4.06. The molecule has 19 heavy (non-hydrogen) atoms. The van der Waals surface area contributed by atoms with Crippen molar-refractivity contribution in [1.82, 2.24) is 10.2 Å². The average molecular weight is 287 g/mol. The lowest BCUT2D eigenvalue weighted by Gasteiger charge is -2.29. The van der Waals surface area contributed by atoms with Gasteiger partial charge in [0.05, 0.1) is 5.02 Å². The van der Waals surface area contributed by atoms with Gasteiger partial charge in [-0.2, -0.15) is 0 Å². The average Bonchev–Trinajstić information content (AvgIpc) is 2.43. The van der Waals surface area contributed by atoms with Gasteiger partial charge in [0, 0.05) is 32.2 Å². The molecule has 0 bridgehead atoms. The number of ether oxygens (including phenoxy) is 1. The summed E-state index contributed by atoms with van der Waals surface area (Å²) in [7, 11) is 0. The van der Waals surface area contributed by atoms with E-state index in [0.29, 0.717) is 18.8 Å². The van der Waals surface area contributed by atoms with E-state index in [4.69, 9.17) is 16.3 Å². The van der Waals surface area contributed by atoms with E-state index in [-0.39, 0.29) is 10.9 Å². The van der Waals surface area contributed by atoms with Crippen LogP contribution >= 0.6 is 11.6 Å². The van der Waals surface area contributed by atoms with Crippen molar-refractivity contribution in [3.63, 3.8) is 0 Å². The number of rotatable bonds is 3. The standard InChI is InChI=1S/C13H16ClFN2O2/c1-9(13(18)17-6-4-16-5-7-17)19-10-2-3-12(15)11(14)8-10/h2-3,8-9,16H,4-7H2,1H3. The smallest absolute Gasteiger partial charge is 0.263 e. The van der Waals surface area contributed by atoms with E-state index in [0.717, 1.165) is 13.1 Å². The van der Waals surface area contributed by atoms with Crippen molar-refractivity contribution in [2.24, 2.45) is 0 Å². The number of halogens is 2. The van der Waals surface area contributed by atoms with E-state index < -0.39 is 11.9 Å². The van der Waals surface area contributed by atoms with Crippen molar-refractivity contribution < 1.29 is 13.9 Å². The SMILES string of the molecule is CC(Oc1ccc(F)c(Cl)c1)C(=O)N1CCNCC1. The predicted octanol–water partition coefficient (Wildman–Crippen LogP) is 1.68. The van der Waals surface area contributed by atoms with Gasteiger partial charge in [-0.15, -0.1) is 0 Å². The molecule has 1 saturated heterocycles. The zero-order chi connectivity index (χ0) is 13.8. The first-order valence-corrected chi connectivity index (χ1v) is 6.57. The Morgan fingerprint density at radius 3 is 2.79 bits per heavy atom. The van der Waals surface area contributed by atoms with Crippen molar-refractivity contribution in [2.45, 2.75) is 13.0 Å². The number of piperazine rings is 1. The number of nitrogens with zero attached hydrogens (tertiary/aromatic N) is 1. The number of carbonyl (C=O) groups excluding carboxylic acids is 1. The van der Waals surface area contributed by atoms with Crippen LogP contribution in [0.15, 0.2) is 18.2 Å². The molecule has 0 spiro atoms. The Balaban J connectivity index is 1.97. The first-order chi connectivity index (χ1) is 9.08. The molecule has 104 valence electrons. The largest absolute Gasteiger partial charge is 0.481 e. The maximum Gasteiger partial charge on any atom is 0.263 e. The number of carbonyl (C=O) groups is 1. The van der Waals surface area contributed by atoms with Gasteiger partial charge in [-0.1, -0.05) is 11.6 Å². The zero-order valence-electron chi connectivity index (χ0n) is 10.7. The Hall–Kier alpha value is -1.33. The fourth-order valence-corrected chi connectivity index (χ4v) is 2.12. The molecule has 0 aliphatic carbocycles.